The van der Waals surface area contributed by atoms with Crippen LogP contribution < -0.4 is 14.4 Å². The number of para-hydroxylation sites is 1. The number of rotatable bonds is 6. The number of hydrogen-bond acceptors (Lipinski definition) is 8. The van der Waals surface area contributed by atoms with Crippen LogP contribution >= 0.6 is 0 Å². The Morgan fingerprint density at radius 1 is 0.933 bits per heavy atom. The number of piperazine rings is 1. The van der Waals surface area contributed by atoms with Crippen LogP contribution in [-0.2, 0) is 10.0 Å². The zero-order valence-electron chi connectivity index (χ0n) is 16.7. The first kappa shape index (κ1) is 20.1. The third-order valence-electron chi connectivity index (χ3n) is 4.96. The number of sulfonamides is 1. The maximum absolute atomic E-state index is 13.2. The van der Waals surface area contributed by atoms with Crippen LogP contribution in [0.5, 0.6) is 11.5 Å². The summed E-state index contributed by atoms with van der Waals surface area (Å²) < 4.78 is 40.0. The second kappa shape index (κ2) is 8.28. The number of hydrogen-bond donors (Lipinski definition) is 0. The smallest absolute Gasteiger partial charge is 0.250 e. The van der Waals surface area contributed by atoms with Crippen LogP contribution in [0.25, 0.3) is 5.69 Å². The van der Waals surface area contributed by atoms with Gasteiger partial charge in [-0.25, -0.2) is 8.42 Å². The Balaban J connectivity index is 1.54. The quantitative estimate of drug-likeness (QED) is 0.575. The van der Waals surface area contributed by atoms with Crippen molar-refractivity contribution in [2.75, 3.05) is 45.3 Å². The van der Waals surface area contributed by atoms with E-state index in [1.54, 1.807) is 16.8 Å². The van der Waals surface area contributed by atoms with Crippen molar-refractivity contribution in [3.8, 4) is 17.2 Å². The first-order chi connectivity index (χ1) is 14.5. The van der Waals surface area contributed by atoms with Gasteiger partial charge in [0, 0.05) is 32.2 Å². The summed E-state index contributed by atoms with van der Waals surface area (Å²) >= 11 is 0. The lowest BCUT2D eigenvalue weighted by Crippen LogP contribution is -2.49. The number of nitrogens with zero attached hydrogens (tertiary/aromatic N) is 6. The van der Waals surface area contributed by atoms with E-state index < -0.39 is 10.0 Å². The van der Waals surface area contributed by atoms with E-state index in [4.69, 9.17) is 9.47 Å². The van der Waals surface area contributed by atoms with Gasteiger partial charge in [-0.1, -0.05) is 23.3 Å². The van der Waals surface area contributed by atoms with Crippen LogP contribution in [0.4, 0.5) is 5.95 Å². The first-order valence-electron chi connectivity index (χ1n) is 9.35. The van der Waals surface area contributed by atoms with Crippen LogP contribution in [-0.4, -0.2) is 73.3 Å². The largest absolute Gasteiger partial charge is 0.497 e. The SMILES string of the molecule is COc1ccc(OC)c(S(=O)(=O)N2CCN(c3nnnn3-c3ccccc3)CC2)c1. The molecular formula is C19H22N6O4S. The molecule has 1 fully saturated rings. The van der Waals surface area contributed by atoms with Gasteiger partial charge in [0.2, 0.25) is 16.0 Å². The van der Waals surface area contributed by atoms with E-state index in [0.29, 0.717) is 37.9 Å². The van der Waals surface area contributed by atoms with Crippen molar-refractivity contribution >= 4 is 16.0 Å². The highest BCUT2D eigenvalue weighted by Gasteiger charge is 2.32. The number of methoxy groups -OCH3 is 2. The minimum absolute atomic E-state index is 0.0897. The summed E-state index contributed by atoms with van der Waals surface area (Å²) in [5, 5.41) is 12.0. The summed E-state index contributed by atoms with van der Waals surface area (Å²) in [7, 11) is -0.808. The Morgan fingerprint density at radius 3 is 2.33 bits per heavy atom. The van der Waals surface area contributed by atoms with E-state index in [1.165, 1.54) is 24.6 Å². The van der Waals surface area contributed by atoms with E-state index in [0.717, 1.165) is 5.69 Å². The molecule has 2 heterocycles. The normalized spacial score (nSPS) is 15.2. The summed E-state index contributed by atoms with van der Waals surface area (Å²) in [5.74, 6) is 1.32. The van der Waals surface area contributed by atoms with Crippen molar-refractivity contribution in [2.24, 2.45) is 0 Å². The molecule has 0 spiro atoms. The standard InChI is InChI=1S/C19H22N6O4S/c1-28-16-8-9-17(29-2)18(14-16)30(26,27)24-12-10-23(11-13-24)19-20-21-22-25(19)15-6-4-3-5-7-15/h3-9,14H,10-13H2,1-2H3. The minimum Gasteiger partial charge on any atom is -0.497 e. The van der Waals surface area contributed by atoms with Gasteiger partial charge in [-0.15, -0.1) is 0 Å². The topological polar surface area (TPSA) is 103 Å². The van der Waals surface area contributed by atoms with Crippen molar-refractivity contribution in [3.63, 3.8) is 0 Å². The van der Waals surface area contributed by atoms with Crippen molar-refractivity contribution in [1.82, 2.24) is 24.5 Å². The molecule has 0 N–H and O–H groups in total. The zero-order chi connectivity index (χ0) is 21.1. The van der Waals surface area contributed by atoms with Crippen molar-refractivity contribution in [3.05, 3.63) is 48.5 Å². The van der Waals surface area contributed by atoms with Gasteiger partial charge in [-0.3, -0.25) is 0 Å². The first-order valence-corrected chi connectivity index (χ1v) is 10.8. The zero-order valence-corrected chi connectivity index (χ0v) is 17.5. The van der Waals surface area contributed by atoms with Gasteiger partial charge in [0.15, 0.2) is 0 Å². The molecule has 1 aliphatic rings. The monoisotopic (exact) mass is 430 g/mol. The molecule has 0 bridgehead atoms. The Bertz CT molecular complexity index is 1110. The molecule has 11 heteroatoms. The molecule has 2 aromatic carbocycles. The minimum atomic E-state index is -3.75. The van der Waals surface area contributed by atoms with Crippen LogP contribution in [0, 0.1) is 0 Å². The highest BCUT2D eigenvalue weighted by atomic mass is 32.2. The highest BCUT2D eigenvalue weighted by molar-refractivity contribution is 7.89. The molecule has 3 aromatic rings. The molecular weight excluding hydrogens is 408 g/mol. The van der Waals surface area contributed by atoms with Crippen LogP contribution in [0.3, 0.4) is 0 Å². The van der Waals surface area contributed by atoms with Crippen molar-refractivity contribution < 1.29 is 17.9 Å². The number of tetrazole rings is 1. The average molecular weight is 430 g/mol. The van der Waals surface area contributed by atoms with Crippen LogP contribution in [0.2, 0.25) is 0 Å². The molecule has 0 atom stereocenters. The third kappa shape index (κ3) is 3.68. The van der Waals surface area contributed by atoms with Crippen LogP contribution in [0.1, 0.15) is 0 Å². The molecule has 1 saturated heterocycles. The molecule has 10 nitrogen and oxygen atoms in total. The second-order valence-electron chi connectivity index (χ2n) is 6.63. The molecule has 1 aliphatic heterocycles. The van der Waals surface area contributed by atoms with Gasteiger partial charge >= 0.3 is 0 Å². The predicted octanol–water partition coefficient (Wildman–Crippen LogP) is 1.19. The van der Waals surface area contributed by atoms with Gasteiger partial charge < -0.3 is 14.4 Å². The molecule has 1 aromatic heterocycles. The predicted molar refractivity (Wildman–Crippen MR) is 110 cm³/mol. The van der Waals surface area contributed by atoms with Gasteiger partial charge in [0.1, 0.15) is 16.4 Å². The van der Waals surface area contributed by atoms with E-state index in [1.807, 2.05) is 35.2 Å². The molecule has 4 rings (SSSR count). The molecule has 30 heavy (non-hydrogen) atoms. The average Bonchev–Trinajstić information content (AvgIpc) is 3.29. The fraction of sp³-hybridized carbons (Fsp3) is 0.316. The third-order valence-corrected chi connectivity index (χ3v) is 6.88. The maximum atomic E-state index is 13.2. The van der Waals surface area contributed by atoms with Gasteiger partial charge in [-0.2, -0.15) is 8.99 Å². The Morgan fingerprint density at radius 2 is 1.67 bits per heavy atom. The molecule has 0 unspecified atom stereocenters. The van der Waals surface area contributed by atoms with Crippen molar-refractivity contribution in [1.29, 1.82) is 0 Å². The van der Waals surface area contributed by atoms with Gasteiger partial charge in [0.25, 0.3) is 0 Å². The summed E-state index contributed by atoms with van der Waals surface area (Å²) in [6.07, 6.45) is 0. The summed E-state index contributed by atoms with van der Waals surface area (Å²) in [4.78, 5) is 2.06. The van der Waals surface area contributed by atoms with Crippen molar-refractivity contribution in [2.45, 2.75) is 4.90 Å². The summed E-state index contributed by atoms with van der Waals surface area (Å²) in [6, 6.07) is 14.3. The molecule has 0 saturated carbocycles. The van der Waals surface area contributed by atoms with E-state index in [-0.39, 0.29) is 10.6 Å². The lowest BCUT2D eigenvalue weighted by Gasteiger charge is -2.34. The second-order valence-corrected chi connectivity index (χ2v) is 8.54. The Kier molecular flexibility index (Phi) is 5.55. The summed E-state index contributed by atoms with van der Waals surface area (Å²) in [5.41, 5.74) is 0.841. The van der Waals surface area contributed by atoms with Gasteiger partial charge in [0.05, 0.1) is 19.9 Å². The van der Waals surface area contributed by atoms with Gasteiger partial charge in [-0.05, 0) is 34.7 Å². The van der Waals surface area contributed by atoms with E-state index in [2.05, 4.69) is 15.5 Å². The lowest BCUT2D eigenvalue weighted by molar-refractivity contribution is 0.369. The van der Waals surface area contributed by atoms with E-state index in [9.17, 15) is 8.42 Å². The molecule has 0 radical (unpaired) electrons. The number of benzene rings is 2. The summed E-state index contributed by atoms with van der Waals surface area (Å²) in [6.45, 7) is 1.51. The number of aromatic nitrogens is 4. The van der Waals surface area contributed by atoms with Crippen LogP contribution in [0.15, 0.2) is 53.4 Å². The highest BCUT2D eigenvalue weighted by Crippen LogP contribution is 2.31. The Labute approximate surface area is 174 Å². The number of ether oxygens (including phenoxy) is 2. The molecule has 0 aliphatic carbocycles. The fourth-order valence-electron chi connectivity index (χ4n) is 3.37. The lowest BCUT2D eigenvalue weighted by atomic mass is 10.3. The molecule has 0 amide bonds. The molecule has 158 valence electrons. The Hall–Kier alpha value is -3.18. The number of anilines is 1. The fourth-order valence-corrected chi connectivity index (χ4v) is 4.96. The van der Waals surface area contributed by atoms with E-state index >= 15 is 0 Å². The maximum Gasteiger partial charge on any atom is 0.250 e.